The third-order valence-corrected chi connectivity index (χ3v) is 5.40. The SMILES string of the molecule is Cc1ccc(C)c(NC(=O)CCCS(=O)(=O)c2ccccc2)c1. The summed E-state index contributed by atoms with van der Waals surface area (Å²) in [4.78, 5) is 12.3. The molecule has 122 valence electrons. The van der Waals surface area contributed by atoms with Gasteiger partial charge in [0, 0.05) is 12.1 Å². The lowest BCUT2D eigenvalue weighted by Crippen LogP contribution is -2.15. The molecular formula is C18H21NO3S. The number of nitrogens with one attached hydrogen (secondary N) is 1. The first-order valence-corrected chi connectivity index (χ1v) is 9.18. The molecule has 0 aliphatic rings. The molecule has 2 aromatic rings. The van der Waals surface area contributed by atoms with Gasteiger partial charge in [0.05, 0.1) is 10.6 Å². The zero-order valence-corrected chi connectivity index (χ0v) is 14.2. The van der Waals surface area contributed by atoms with Gasteiger partial charge in [-0.15, -0.1) is 0 Å². The minimum Gasteiger partial charge on any atom is -0.326 e. The smallest absolute Gasteiger partial charge is 0.224 e. The largest absolute Gasteiger partial charge is 0.326 e. The van der Waals surface area contributed by atoms with Crippen molar-refractivity contribution in [3.63, 3.8) is 0 Å². The van der Waals surface area contributed by atoms with E-state index in [1.165, 1.54) is 0 Å². The van der Waals surface area contributed by atoms with Crippen LogP contribution < -0.4 is 5.32 Å². The van der Waals surface area contributed by atoms with Crippen LogP contribution in [0.3, 0.4) is 0 Å². The summed E-state index contributed by atoms with van der Waals surface area (Å²) in [7, 11) is -3.32. The second kappa shape index (κ2) is 7.42. The van der Waals surface area contributed by atoms with Gasteiger partial charge in [0.1, 0.15) is 0 Å². The van der Waals surface area contributed by atoms with E-state index in [1.807, 2.05) is 32.0 Å². The second-order valence-corrected chi connectivity index (χ2v) is 7.71. The summed E-state index contributed by atoms with van der Waals surface area (Å²) in [5, 5.41) is 2.84. The van der Waals surface area contributed by atoms with E-state index >= 15 is 0 Å². The Morgan fingerprint density at radius 1 is 1.04 bits per heavy atom. The number of benzene rings is 2. The average Bonchev–Trinajstić information content (AvgIpc) is 2.51. The number of carbonyl (C=O) groups is 1. The Balaban J connectivity index is 1.89. The summed E-state index contributed by atoms with van der Waals surface area (Å²) in [5.41, 5.74) is 2.83. The number of hydrogen-bond acceptors (Lipinski definition) is 3. The van der Waals surface area contributed by atoms with Crippen molar-refractivity contribution in [2.75, 3.05) is 11.1 Å². The van der Waals surface area contributed by atoms with Crippen LogP contribution in [0.5, 0.6) is 0 Å². The molecule has 0 spiro atoms. The molecule has 0 aliphatic carbocycles. The quantitative estimate of drug-likeness (QED) is 0.881. The minimum atomic E-state index is -3.32. The lowest BCUT2D eigenvalue weighted by Gasteiger charge is -2.09. The van der Waals surface area contributed by atoms with Gasteiger partial charge in [0.15, 0.2) is 9.84 Å². The Kier molecular flexibility index (Phi) is 5.55. The maximum atomic E-state index is 12.1. The Labute approximate surface area is 137 Å². The molecule has 1 N–H and O–H groups in total. The van der Waals surface area contributed by atoms with Gasteiger partial charge in [0.25, 0.3) is 0 Å². The molecule has 2 rings (SSSR count). The minimum absolute atomic E-state index is 0.0305. The lowest BCUT2D eigenvalue weighted by atomic mass is 10.1. The van der Waals surface area contributed by atoms with E-state index in [-0.39, 0.29) is 18.1 Å². The van der Waals surface area contributed by atoms with E-state index in [0.29, 0.717) is 11.3 Å². The molecule has 0 bridgehead atoms. The molecule has 4 nitrogen and oxygen atoms in total. The number of amides is 1. The average molecular weight is 331 g/mol. The molecule has 1 amide bonds. The Morgan fingerprint density at radius 3 is 2.43 bits per heavy atom. The lowest BCUT2D eigenvalue weighted by molar-refractivity contribution is -0.116. The van der Waals surface area contributed by atoms with E-state index < -0.39 is 9.84 Å². The maximum Gasteiger partial charge on any atom is 0.224 e. The fraction of sp³-hybridized carbons (Fsp3) is 0.278. The van der Waals surface area contributed by atoms with E-state index in [4.69, 9.17) is 0 Å². The van der Waals surface area contributed by atoms with Crippen molar-refractivity contribution in [1.82, 2.24) is 0 Å². The third-order valence-electron chi connectivity index (χ3n) is 3.59. The second-order valence-electron chi connectivity index (χ2n) is 5.60. The highest BCUT2D eigenvalue weighted by Gasteiger charge is 2.14. The first kappa shape index (κ1) is 17.2. The van der Waals surface area contributed by atoms with Crippen LogP contribution in [0.15, 0.2) is 53.4 Å². The summed E-state index contributed by atoms with van der Waals surface area (Å²) >= 11 is 0. The summed E-state index contributed by atoms with van der Waals surface area (Å²) in [6, 6.07) is 14.2. The number of carbonyl (C=O) groups excluding carboxylic acids is 1. The Morgan fingerprint density at radius 2 is 1.74 bits per heavy atom. The van der Waals surface area contributed by atoms with Crippen LogP contribution >= 0.6 is 0 Å². The highest BCUT2D eigenvalue weighted by Crippen LogP contribution is 2.17. The van der Waals surface area contributed by atoms with Gasteiger partial charge >= 0.3 is 0 Å². The first-order chi connectivity index (χ1) is 10.9. The molecule has 0 aromatic heterocycles. The van der Waals surface area contributed by atoms with Gasteiger partial charge in [-0.2, -0.15) is 0 Å². The summed E-state index contributed by atoms with van der Waals surface area (Å²) in [6.07, 6.45) is 0.480. The molecule has 0 atom stereocenters. The summed E-state index contributed by atoms with van der Waals surface area (Å²) in [5.74, 6) is -0.195. The topological polar surface area (TPSA) is 63.2 Å². The Bertz CT molecular complexity index is 783. The normalized spacial score (nSPS) is 11.2. The van der Waals surface area contributed by atoms with Crippen LogP contribution in [-0.4, -0.2) is 20.1 Å². The molecule has 0 saturated heterocycles. The van der Waals surface area contributed by atoms with Gasteiger partial charge in [-0.25, -0.2) is 8.42 Å². The van der Waals surface area contributed by atoms with Crippen LogP contribution in [0.25, 0.3) is 0 Å². The number of aryl methyl sites for hydroxylation is 2. The van der Waals surface area contributed by atoms with Crippen molar-refractivity contribution in [3.05, 3.63) is 59.7 Å². The van der Waals surface area contributed by atoms with E-state index in [0.717, 1.165) is 16.8 Å². The van der Waals surface area contributed by atoms with Gasteiger partial charge in [-0.3, -0.25) is 4.79 Å². The van der Waals surface area contributed by atoms with Crippen molar-refractivity contribution in [1.29, 1.82) is 0 Å². The highest BCUT2D eigenvalue weighted by molar-refractivity contribution is 7.91. The number of rotatable bonds is 6. The molecule has 0 aliphatic heterocycles. The van der Waals surface area contributed by atoms with Crippen molar-refractivity contribution >= 4 is 21.4 Å². The molecule has 0 radical (unpaired) electrons. The van der Waals surface area contributed by atoms with Crippen molar-refractivity contribution < 1.29 is 13.2 Å². The number of anilines is 1. The van der Waals surface area contributed by atoms with E-state index in [1.54, 1.807) is 30.3 Å². The fourth-order valence-electron chi connectivity index (χ4n) is 2.25. The van der Waals surface area contributed by atoms with Crippen LogP contribution in [0, 0.1) is 13.8 Å². The van der Waals surface area contributed by atoms with Gasteiger partial charge in [-0.05, 0) is 49.6 Å². The highest BCUT2D eigenvalue weighted by atomic mass is 32.2. The molecule has 0 fully saturated rings. The first-order valence-electron chi connectivity index (χ1n) is 7.53. The number of sulfone groups is 1. The standard InChI is InChI=1S/C18H21NO3S/c1-14-10-11-15(2)17(13-14)19-18(20)9-6-12-23(21,22)16-7-4-3-5-8-16/h3-5,7-8,10-11,13H,6,9,12H2,1-2H3,(H,19,20). The molecule has 23 heavy (non-hydrogen) atoms. The van der Waals surface area contributed by atoms with Crippen LogP contribution in [0.2, 0.25) is 0 Å². The zero-order valence-electron chi connectivity index (χ0n) is 13.4. The monoisotopic (exact) mass is 331 g/mol. The molecule has 5 heteroatoms. The van der Waals surface area contributed by atoms with E-state index in [9.17, 15) is 13.2 Å². The fourth-order valence-corrected chi connectivity index (χ4v) is 3.58. The van der Waals surface area contributed by atoms with Gasteiger partial charge in [-0.1, -0.05) is 30.3 Å². The predicted molar refractivity (Wildman–Crippen MR) is 92.3 cm³/mol. The van der Waals surface area contributed by atoms with E-state index in [2.05, 4.69) is 5.32 Å². The molecule has 0 unspecified atom stereocenters. The molecule has 0 heterocycles. The predicted octanol–water partition coefficient (Wildman–Crippen LogP) is 3.50. The van der Waals surface area contributed by atoms with Gasteiger partial charge in [0.2, 0.25) is 5.91 Å². The third kappa shape index (κ3) is 4.93. The van der Waals surface area contributed by atoms with Crippen molar-refractivity contribution in [2.45, 2.75) is 31.6 Å². The summed E-state index contributed by atoms with van der Waals surface area (Å²) < 4.78 is 24.3. The Hall–Kier alpha value is -2.14. The molecule has 2 aromatic carbocycles. The molecular weight excluding hydrogens is 310 g/mol. The molecule has 0 saturated carbocycles. The van der Waals surface area contributed by atoms with Crippen molar-refractivity contribution in [3.8, 4) is 0 Å². The van der Waals surface area contributed by atoms with Crippen LogP contribution in [0.1, 0.15) is 24.0 Å². The van der Waals surface area contributed by atoms with Gasteiger partial charge < -0.3 is 5.32 Å². The van der Waals surface area contributed by atoms with Crippen LogP contribution in [-0.2, 0) is 14.6 Å². The maximum absolute atomic E-state index is 12.1. The summed E-state index contributed by atoms with van der Waals surface area (Å²) in [6.45, 7) is 3.89. The van der Waals surface area contributed by atoms with Crippen molar-refractivity contribution in [2.24, 2.45) is 0 Å². The van der Waals surface area contributed by atoms with Crippen LogP contribution in [0.4, 0.5) is 5.69 Å². The zero-order chi connectivity index (χ0) is 16.9. The number of hydrogen-bond donors (Lipinski definition) is 1.